The van der Waals surface area contributed by atoms with E-state index in [9.17, 15) is 0 Å². The molecule has 2 aliphatic carbocycles. The molecule has 0 aliphatic heterocycles. The summed E-state index contributed by atoms with van der Waals surface area (Å²) >= 11 is 0. The molecular formula is C32H47N. The Bertz CT molecular complexity index is 926. The number of hydrogen-bond donors (Lipinski definition) is 0. The molecule has 33 heavy (non-hydrogen) atoms. The maximum atomic E-state index is 5.19. The maximum absolute atomic E-state index is 5.19. The summed E-state index contributed by atoms with van der Waals surface area (Å²) in [7, 11) is 0. The molecule has 180 valence electrons. The summed E-state index contributed by atoms with van der Waals surface area (Å²) in [6.07, 6.45) is 27.3. The minimum Gasteiger partial charge on any atom is -0.262 e. The minimum atomic E-state index is -0.0241. The lowest BCUT2D eigenvalue weighted by atomic mass is 9.55. The third-order valence-electron chi connectivity index (χ3n) is 7.81. The summed E-state index contributed by atoms with van der Waals surface area (Å²) < 4.78 is 0. The molecule has 0 N–H and O–H groups in total. The van der Waals surface area contributed by atoms with Gasteiger partial charge in [-0.15, -0.1) is 0 Å². The molecule has 0 saturated heterocycles. The molecule has 0 radical (unpaired) electrons. The van der Waals surface area contributed by atoms with Crippen molar-refractivity contribution in [3.8, 4) is 0 Å². The quantitative estimate of drug-likeness (QED) is 0.273. The Balaban J connectivity index is 2.87. The first-order valence-corrected chi connectivity index (χ1v) is 12.9. The largest absolute Gasteiger partial charge is 0.262 e. The van der Waals surface area contributed by atoms with Crippen molar-refractivity contribution in [3.05, 3.63) is 83.2 Å². The second kappa shape index (κ2) is 11.8. The Hall–Kier alpha value is -2.15. The van der Waals surface area contributed by atoms with E-state index in [1.54, 1.807) is 0 Å². The lowest BCUT2D eigenvalue weighted by Crippen LogP contribution is -2.41. The van der Waals surface area contributed by atoms with Gasteiger partial charge < -0.3 is 0 Å². The molecule has 0 aromatic carbocycles. The number of allylic oxidation sites excluding steroid dienone is 13. The molecule has 0 bridgehead atoms. The van der Waals surface area contributed by atoms with Crippen molar-refractivity contribution in [1.29, 1.82) is 0 Å². The predicted molar refractivity (Wildman–Crippen MR) is 149 cm³/mol. The van der Waals surface area contributed by atoms with Gasteiger partial charge in [-0.2, -0.15) is 0 Å². The van der Waals surface area contributed by atoms with E-state index in [1.165, 1.54) is 28.1 Å². The zero-order valence-corrected chi connectivity index (χ0v) is 22.7. The fraction of sp³-hybridized carbons (Fsp3) is 0.531. The highest BCUT2D eigenvalue weighted by Gasteiger charge is 2.46. The van der Waals surface area contributed by atoms with Crippen LogP contribution in [0, 0.1) is 22.7 Å². The van der Waals surface area contributed by atoms with Crippen LogP contribution in [0.2, 0.25) is 0 Å². The average Bonchev–Trinajstić information content (AvgIpc) is 2.79. The topological polar surface area (TPSA) is 12.4 Å². The SMILES string of the molecule is CC=CC(C)(C)C(C)(C=CCC)C1CC=CC2=C1/C(C)=C(/N=C(C)CC)C(C)/C=C\C=C/C2. The van der Waals surface area contributed by atoms with Crippen molar-refractivity contribution in [3.63, 3.8) is 0 Å². The van der Waals surface area contributed by atoms with Crippen molar-refractivity contribution in [2.75, 3.05) is 0 Å². The first-order valence-electron chi connectivity index (χ1n) is 12.9. The third kappa shape index (κ3) is 6.05. The normalized spacial score (nSPS) is 28.8. The highest BCUT2D eigenvalue weighted by molar-refractivity contribution is 5.82. The van der Waals surface area contributed by atoms with Crippen LogP contribution >= 0.6 is 0 Å². The lowest BCUT2D eigenvalue weighted by Gasteiger charge is -2.49. The number of hydrogen-bond acceptors (Lipinski definition) is 1. The van der Waals surface area contributed by atoms with Crippen molar-refractivity contribution in [2.45, 2.75) is 88.0 Å². The van der Waals surface area contributed by atoms with Gasteiger partial charge in [0, 0.05) is 17.0 Å². The van der Waals surface area contributed by atoms with Gasteiger partial charge in [0.05, 0.1) is 5.70 Å². The van der Waals surface area contributed by atoms with E-state index in [-0.39, 0.29) is 16.7 Å². The van der Waals surface area contributed by atoms with Gasteiger partial charge in [0.25, 0.3) is 0 Å². The van der Waals surface area contributed by atoms with Gasteiger partial charge in [0.1, 0.15) is 0 Å². The molecule has 1 heteroatoms. The van der Waals surface area contributed by atoms with Crippen molar-refractivity contribution in [1.82, 2.24) is 0 Å². The molecule has 0 saturated carbocycles. The monoisotopic (exact) mass is 445 g/mol. The molecule has 2 aliphatic rings. The van der Waals surface area contributed by atoms with E-state index in [2.05, 4.69) is 123 Å². The Kier molecular flexibility index (Phi) is 9.70. The third-order valence-corrected chi connectivity index (χ3v) is 7.81. The molecular weight excluding hydrogens is 398 g/mol. The van der Waals surface area contributed by atoms with Crippen LogP contribution in [0.1, 0.15) is 88.0 Å². The molecule has 3 atom stereocenters. The number of rotatable bonds is 7. The molecule has 3 unspecified atom stereocenters. The van der Waals surface area contributed by atoms with Gasteiger partial charge in [-0.3, -0.25) is 4.99 Å². The van der Waals surface area contributed by atoms with Gasteiger partial charge >= 0.3 is 0 Å². The molecule has 0 heterocycles. The Morgan fingerprint density at radius 1 is 1.12 bits per heavy atom. The fourth-order valence-corrected chi connectivity index (χ4v) is 5.29. The van der Waals surface area contributed by atoms with Gasteiger partial charge in [-0.25, -0.2) is 0 Å². The van der Waals surface area contributed by atoms with Crippen molar-refractivity contribution in [2.24, 2.45) is 27.7 Å². The van der Waals surface area contributed by atoms with Gasteiger partial charge in [0.15, 0.2) is 0 Å². The molecule has 0 fully saturated rings. The molecule has 2 rings (SSSR count). The standard InChI is InChI=1S/C32H47N/c1-10-13-23-32(9,31(7,8)22-11-2)28-21-17-20-27-19-16-14-15-18-24(4)30(26(6)29(27)28)33-25(5)12-3/h11,13-18,20,22-24,28H,10,12,19,21H2,1-9H3/b16-14-,18-15-,22-11?,23-13?,30-26+,33-25?. The highest BCUT2D eigenvalue weighted by Crippen LogP contribution is 2.54. The van der Waals surface area contributed by atoms with Crippen LogP contribution in [-0.2, 0) is 0 Å². The summed E-state index contributed by atoms with van der Waals surface area (Å²) in [5.74, 6) is 0.665. The van der Waals surface area contributed by atoms with Crippen LogP contribution in [0.25, 0.3) is 0 Å². The van der Waals surface area contributed by atoms with Crippen molar-refractivity contribution < 1.29 is 0 Å². The van der Waals surface area contributed by atoms with Crippen molar-refractivity contribution >= 4 is 5.71 Å². The Morgan fingerprint density at radius 3 is 2.48 bits per heavy atom. The molecule has 0 aromatic rings. The van der Waals surface area contributed by atoms with Gasteiger partial charge in [-0.05, 0) is 74.5 Å². The summed E-state index contributed by atoms with van der Waals surface area (Å²) in [5, 5.41) is 0. The van der Waals surface area contributed by atoms with Gasteiger partial charge in [0.2, 0.25) is 0 Å². The van der Waals surface area contributed by atoms with Crippen LogP contribution in [0.5, 0.6) is 0 Å². The molecule has 1 nitrogen and oxygen atoms in total. The zero-order chi connectivity index (χ0) is 24.6. The fourth-order valence-electron chi connectivity index (χ4n) is 5.29. The summed E-state index contributed by atoms with van der Waals surface area (Å²) in [5.41, 5.74) is 6.73. The first-order chi connectivity index (χ1) is 15.6. The predicted octanol–water partition coefficient (Wildman–Crippen LogP) is 9.73. The number of aliphatic imine (C=N–C) groups is 1. The van der Waals surface area contributed by atoms with E-state index in [4.69, 9.17) is 4.99 Å². The van der Waals surface area contributed by atoms with Crippen LogP contribution < -0.4 is 0 Å². The second-order valence-electron chi connectivity index (χ2n) is 10.5. The van der Waals surface area contributed by atoms with Gasteiger partial charge in [-0.1, -0.05) is 102 Å². The van der Waals surface area contributed by atoms with E-state index >= 15 is 0 Å². The second-order valence-corrected chi connectivity index (χ2v) is 10.5. The molecule has 0 aromatic heterocycles. The van der Waals surface area contributed by atoms with Crippen LogP contribution in [0.3, 0.4) is 0 Å². The molecule has 0 amide bonds. The lowest BCUT2D eigenvalue weighted by molar-refractivity contribution is 0.136. The zero-order valence-electron chi connectivity index (χ0n) is 22.7. The van der Waals surface area contributed by atoms with E-state index in [0.29, 0.717) is 5.92 Å². The smallest absolute Gasteiger partial charge is 0.0500 e. The minimum absolute atomic E-state index is 0.0150. The average molecular weight is 446 g/mol. The Labute approximate surface area is 204 Å². The molecule has 0 spiro atoms. The van der Waals surface area contributed by atoms with Crippen LogP contribution in [0.4, 0.5) is 0 Å². The van der Waals surface area contributed by atoms with E-state index in [0.717, 1.165) is 25.7 Å². The first kappa shape index (κ1) is 27.1. The highest BCUT2D eigenvalue weighted by atomic mass is 14.8. The van der Waals surface area contributed by atoms with E-state index < -0.39 is 0 Å². The van der Waals surface area contributed by atoms with Crippen LogP contribution in [0.15, 0.2) is 88.2 Å². The summed E-state index contributed by atoms with van der Waals surface area (Å²) in [6, 6.07) is 0. The Morgan fingerprint density at radius 2 is 1.85 bits per heavy atom. The summed E-state index contributed by atoms with van der Waals surface area (Å²) in [6.45, 7) is 20.6. The van der Waals surface area contributed by atoms with E-state index in [1.807, 2.05) is 0 Å². The summed E-state index contributed by atoms with van der Waals surface area (Å²) in [4.78, 5) is 5.19. The maximum Gasteiger partial charge on any atom is 0.0500 e. The number of nitrogens with zero attached hydrogens (tertiary/aromatic N) is 1. The van der Waals surface area contributed by atoms with Crippen LogP contribution in [-0.4, -0.2) is 5.71 Å².